The summed E-state index contributed by atoms with van der Waals surface area (Å²) in [5, 5.41) is 8.34. The van der Waals surface area contributed by atoms with Gasteiger partial charge in [0.2, 0.25) is 15.9 Å². The summed E-state index contributed by atoms with van der Waals surface area (Å²) in [4.78, 5) is 20.6. The van der Waals surface area contributed by atoms with Crippen molar-refractivity contribution in [2.24, 2.45) is 15.5 Å². The lowest BCUT2D eigenvalue weighted by Crippen LogP contribution is -2.45. The molecule has 10 heteroatoms. The number of hydrogen-bond donors (Lipinski definition) is 2. The monoisotopic (exact) mass is 535 g/mol. The molecule has 2 fully saturated rings. The summed E-state index contributed by atoms with van der Waals surface area (Å²) in [6, 6.07) is 6.40. The first-order chi connectivity index (χ1) is 13.2. The van der Waals surface area contributed by atoms with Crippen molar-refractivity contribution in [3.05, 3.63) is 29.8 Å². The highest BCUT2D eigenvalue weighted by Gasteiger charge is 2.43. The van der Waals surface area contributed by atoms with E-state index in [9.17, 15) is 13.2 Å². The van der Waals surface area contributed by atoms with E-state index in [2.05, 4.69) is 10.2 Å². The number of guanidine groups is 1. The van der Waals surface area contributed by atoms with E-state index in [0.29, 0.717) is 12.0 Å². The van der Waals surface area contributed by atoms with Gasteiger partial charge in [-0.05, 0) is 42.4 Å². The maximum Gasteiger partial charge on any atom is 0.241 e. The quantitative estimate of drug-likeness (QED) is 0.337. The molecule has 8 nitrogen and oxygen atoms in total. The fourth-order valence-electron chi connectivity index (χ4n) is 3.73. The number of sulfonamides is 1. The molecule has 0 unspecified atom stereocenters. The molecule has 0 atom stereocenters. The van der Waals surface area contributed by atoms with Gasteiger partial charge in [-0.15, -0.1) is 24.0 Å². The van der Waals surface area contributed by atoms with Crippen LogP contribution in [0, 0.1) is 5.41 Å². The van der Waals surface area contributed by atoms with Gasteiger partial charge in [-0.2, -0.15) is 0 Å². The Kier molecular flexibility index (Phi) is 7.91. The van der Waals surface area contributed by atoms with Crippen molar-refractivity contribution in [1.29, 1.82) is 0 Å². The van der Waals surface area contributed by atoms with E-state index < -0.39 is 10.0 Å². The number of nitrogens with zero attached hydrogens (tertiary/aromatic N) is 3. The first-order valence-electron chi connectivity index (χ1n) is 9.54. The Labute approximate surface area is 190 Å². The van der Waals surface area contributed by atoms with Gasteiger partial charge < -0.3 is 15.1 Å². The standard InChI is InChI=1S/C19H29N5O3S.HI/c1-23(2)17(25)13-22-18(24-11-10-19(14-24)8-3-9-19)21-12-15-4-6-16(7-5-15)28(20,26)27;/h4-7H,3,8-14H2,1-2H3,(H,21,22)(H2,20,26,27);1H. The number of halogens is 1. The third kappa shape index (κ3) is 6.05. The molecule has 29 heavy (non-hydrogen) atoms. The SMILES string of the molecule is CN(C)C(=O)CNC(=NCc1ccc(S(N)(=O)=O)cc1)N1CCC2(CCC2)C1.I. The lowest BCUT2D eigenvalue weighted by molar-refractivity contribution is -0.127. The molecule has 1 spiro atoms. The van der Waals surface area contributed by atoms with Crippen LogP contribution in [0.3, 0.4) is 0 Å². The van der Waals surface area contributed by atoms with Crippen molar-refractivity contribution in [2.75, 3.05) is 33.7 Å². The molecule has 1 aromatic carbocycles. The molecule has 162 valence electrons. The smallest absolute Gasteiger partial charge is 0.241 e. The Morgan fingerprint density at radius 2 is 1.90 bits per heavy atom. The fourth-order valence-corrected chi connectivity index (χ4v) is 4.25. The van der Waals surface area contributed by atoms with Crippen molar-refractivity contribution in [3.8, 4) is 0 Å². The predicted octanol–water partition coefficient (Wildman–Crippen LogP) is 1.36. The molecule has 0 bridgehead atoms. The number of carbonyl (C=O) groups excluding carboxylic acids is 1. The average molecular weight is 535 g/mol. The van der Waals surface area contributed by atoms with Crippen LogP contribution in [0.2, 0.25) is 0 Å². The van der Waals surface area contributed by atoms with Crippen molar-refractivity contribution in [1.82, 2.24) is 15.1 Å². The maximum absolute atomic E-state index is 12.0. The topological polar surface area (TPSA) is 108 Å². The first-order valence-corrected chi connectivity index (χ1v) is 11.1. The highest BCUT2D eigenvalue weighted by atomic mass is 127. The number of likely N-dealkylation sites (tertiary alicyclic amines) is 1. The van der Waals surface area contributed by atoms with E-state index in [0.717, 1.165) is 24.6 Å². The highest BCUT2D eigenvalue weighted by molar-refractivity contribution is 14.0. The lowest BCUT2D eigenvalue weighted by Gasteiger charge is -2.38. The van der Waals surface area contributed by atoms with Crippen molar-refractivity contribution in [2.45, 2.75) is 37.1 Å². The van der Waals surface area contributed by atoms with Crippen LogP contribution in [0.15, 0.2) is 34.2 Å². The summed E-state index contributed by atoms with van der Waals surface area (Å²) in [5.41, 5.74) is 1.30. The van der Waals surface area contributed by atoms with Gasteiger partial charge in [0.1, 0.15) is 0 Å². The van der Waals surface area contributed by atoms with Gasteiger partial charge in [0.05, 0.1) is 18.0 Å². The number of likely N-dealkylation sites (N-methyl/N-ethyl adjacent to an activating group) is 1. The minimum atomic E-state index is -3.70. The van der Waals surface area contributed by atoms with Crippen LogP contribution >= 0.6 is 24.0 Å². The molecule has 1 saturated heterocycles. The fraction of sp³-hybridized carbons (Fsp3) is 0.579. The van der Waals surface area contributed by atoms with Crippen LogP contribution in [0.4, 0.5) is 0 Å². The normalized spacial score (nSPS) is 18.2. The summed E-state index contributed by atoms with van der Waals surface area (Å²) in [6.45, 7) is 2.50. The van der Waals surface area contributed by atoms with E-state index in [1.54, 1.807) is 31.1 Å². The molecule has 1 aliphatic heterocycles. The lowest BCUT2D eigenvalue weighted by atomic mass is 9.68. The molecule has 3 N–H and O–H groups in total. The minimum Gasteiger partial charge on any atom is -0.347 e. The Hall–Kier alpha value is -1.40. The second-order valence-electron chi connectivity index (χ2n) is 8.00. The summed E-state index contributed by atoms with van der Waals surface area (Å²) in [7, 11) is -0.240. The van der Waals surface area contributed by atoms with Crippen LogP contribution in [-0.2, 0) is 21.4 Å². The zero-order chi connectivity index (χ0) is 20.4. The number of carbonyl (C=O) groups is 1. The summed E-state index contributed by atoms with van der Waals surface area (Å²) < 4.78 is 22.8. The van der Waals surface area contributed by atoms with Gasteiger partial charge in [-0.1, -0.05) is 18.6 Å². The molecule has 1 saturated carbocycles. The van der Waals surface area contributed by atoms with Gasteiger partial charge >= 0.3 is 0 Å². The van der Waals surface area contributed by atoms with Crippen molar-refractivity contribution >= 4 is 45.9 Å². The molecule has 1 amide bonds. The second kappa shape index (κ2) is 9.61. The van der Waals surface area contributed by atoms with Crippen LogP contribution in [0.1, 0.15) is 31.2 Å². The summed E-state index contributed by atoms with van der Waals surface area (Å²) >= 11 is 0. The van der Waals surface area contributed by atoms with Crippen molar-refractivity contribution in [3.63, 3.8) is 0 Å². The molecule has 3 rings (SSSR count). The van der Waals surface area contributed by atoms with E-state index in [1.807, 2.05) is 0 Å². The Morgan fingerprint density at radius 1 is 1.24 bits per heavy atom. The molecule has 1 aliphatic carbocycles. The first kappa shape index (κ1) is 23.9. The Balaban J connectivity index is 0.00000300. The average Bonchev–Trinajstić information content (AvgIpc) is 3.07. The largest absolute Gasteiger partial charge is 0.347 e. The minimum absolute atomic E-state index is 0. The molecule has 0 radical (unpaired) electrons. The van der Waals surface area contributed by atoms with Gasteiger partial charge in [-0.25, -0.2) is 18.5 Å². The third-order valence-corrected chi connectivity index (χ3v) is 6.64. The van der Waals surface area contributed by atoms with Crippen molar-refractivity contribution < 1.29 is 13.2 Å². The van der Waals surface area contributed by atoms with E-state index in [4.69, 9.17) is 10.1 Å². The van der Waals surface area contributed by atoms with E-state index >= 15 is 0 Å². The number of nitrogens with two attached hydrogens (primary N) is 1. The van der Waals surface area contributed by atoms with Crippen LogP contribution in [-0.4, -0.2) is 63.8 Å². The van der Waals surface area contributed by atoms with E-state index in [1.165, 1.54) is 37.8 Å². The Bertz CT molecular complexity index is 851. The Morgan fingerprint density at radius 3 is 2.38 bits per heavy atom. The number of primary sulfonamides is 1. The zero-order valence-corrected chi connectivity index (χ0v) is 20.1. The highest BCUT2D eigenvalue weighted by Crippen LogP contribution is 2.47. The van der Waals surface area contributed by atoms with Gasteiger partial charge in [-0.3, -0.25) is 4.79 Å². The number of nitrogens with one attached hydrogen (secondary N) is 1. The second-order valence-corrected chi connectivity index (χ2v) is 9.56. The maximum atomic E-state index is 12.0. The molecular weight excluding hydrogens is 505 g/mol. The van der Waals surface area contributed by atoms with Crippen LogP contribution in [0.25, 0.3) is 0 Å². The number of aliphatic imine (C=N–C) groups is 1. The molecule has 2 aliphatic rings. The number of amides is 1. The zero-order valence-electron chi connectivity index (χ0n) is 16.9. The summed E-state index contributed by atoms with van der Waals surface area (Å²) in [6.07, 6.45) is 4.99. The predicted molar refractivity (Wildman–Crippen MR) is 124 cm³/mol. The summed E-state index contributed by atoms with van der Waals surface area (Å²) in [5.74, 6) is 0.720. The van der Waals surface area contributed by atoms with Crippen LogP contribution < -0.4 is 10.5 Å². The van der Waals surface area contributed by atoms with E-state index in [-0.39, 0.29) is 41.3 Å². The van der Waals surface area contributed by atoms with Gasteiger partial charge in [0.15, 0.2) is 5.96 Å². The number of hydrogen-bond acceptors (Lipinski definition) is 4. The molecule has 1 heterocycles. The molecule has 0 aromatic heterocycles. The molecule has 1 aromatic rings. The third-order valence-electron chi connectivity index (χ3n) is 5.71. The number of benzene rings is 1. The molecular formula is C19H30IN5O3S. The number of rotatable bonds is 5. The van der Waals surface area contributed by atoms with Gasteiger partial charge in [0.25, 0.3) is 0 Å². The van der Waals surface area contributed by atoms with Crippen LogP contribution in [0.5, 0.6) is 0 Å². The van der Waals surface area contributed by atoms with Gasteiger partial charge in [0, 0.05) is 27.2 Å².